The zero-order valence-electron chi connectivity index (χ0n) is 10.1. The van der Waals surface area contributed by atoms with E-state index in [1.165, 1.54) is 0 Å². The van der Waals surface area contributed by atoms with Gasteiger partial charge in [0.15, 0.2) is 0 Å². The van der Waals surface area contributed by atoms with E-state index in [1.54, 1.807) is 48.5 Å². The molecule has 0 heterocycles. The van der Waals surface area contributed by atoms with Gasteiger partial charge >= 0.3 is 0 Å². The van der Waals surface area contributed by atoms with Crippen LogP contribution in [-0.4, -0.2) is 8.42 Å². The molecule has 2 aromatic carbocycles. The monoisotopic (exact) mass is 272 g/mol. The summed E-state index contributed by atoms with van der Waals surface area (Å²) < 4.78 is 26.4. The lowest BCUT2D eigenvalue weighted by molar-refractivity contribution is 0.600. The Labute approximate surface area is 112 Å². The van der Waals surface area contributed by atoms with Crippen LogP contribution < -0.4 is 4.72 Å². The first-order valence-electron chi connectivity index (χ1n) is 5.64. The highest BCUT2D eigenvalue weighted by Crippen LogP contribution is 2.12. The molecule has 1 N–H and O–H groups in total. The SMILES string of the molecule is N#Cc1ccc(CS(=O)(=O)Nc2ccccc2)cc1. The fraction of sp³-hybridized carbons (Fsp3) is 0.0714. The second-order valence-corrected chi connectivity index (χ2v) is 5.76. The average Bonchev–Trinajstić information content (AvgIpc) is 2.39. The first-order valence-corrected chi connectivity index (χ1v) is 7.29. The van der Waals surface area contributed by atoms with Crippen LogP contribution in [0.2, 0.25) is 0 Å². The Bertz CT molecular complexity index is 686. The molecule has 2 rings (SSSR count). The van der Waals surface area contributed by atoms with Crippen molar-refractivity contribution in [3.05, 3.63) is 65.7 Å². The van der Waals surface area contributed by atoms with Crippen molar-refractivity contribution in [3.8, 4) is 6.07 Å². The van der Waals surface area contributed by atoms with Gasteiger partial charge in [-0.15, -0.1) is 0 Å². The number of hydrogen-bond donors (Lipinski definition) is 1. The van der Waals surface area contributed by atoms with Crippen LogP contribution >= 0.6 is 0 Å². The van der Waals surface area contributed by atoms with Gasteiger partial charge in [-0.25, -0.2) is 8.42 Å². The van der Waals surface area contributed by atoms with Crippen molar-refractivity contribution in [1.29, 1.82) is 5.26 Å². The summed E-state index contributed by atoms with van der Waals surface area (Å²) in [6.45, 7) is 0. The molecule has 0 aliphatic rings. The van der Waals surface area contributed by atoms with Gasteiger partial charge < -0.3 is 0 Å². The quantitative estimate of drug-likeness (QED) is 0.929. The van der Waals surface area contributed by atoms with Crippen molar-refractivity contribution >= 4 is 15.7 Å². The van der Waals surface area contributed by atoms with E-state index in [0.717, 1.165) is 0 Å². The average molecular weight is 272 g/mol. The molecule has 0 unspecified atom stereocenters. The summed E-state index contributed by atoms with van der Waals surface area (Å²) in [6, 6.07) is 17.2. The van der Waals surface area contributed by atoms with Crippen LogP contribution in [0.25, 0.3) is 0 Å². The molecule has 0 aliphatic carbocycles. The van der Waals surface area contributed by atoms with Gasteiger partial charge in [-0.2, -0.15) is 5.26 Å². The third kappa shape index (κ3) is 3.83. The molecule has 0 spiro atoms. The predicted molar refractivity (Wildman–Crippen MR) is 73.8 cm³/mol. The van der Waals surface area contributed by atoms with Gasteiger partial charge in [0.2, 0.25) is 10.0 Å². The lowest BCUT2D eigenvalue weighted by atomic mass is 10.2. The fourth-order valence-corrected chi connectivity index (χ4v) is 2.82. The molecule has 96 valence electrons. The molecule has 0 aliphatic heterocycles. The molecule has 5 heteroatoms. The number of benzene rings is 2. The maximum absolute atomic E-state index is 11.9. The molecule has 0 aromatic heterocycles. The summed E-state index contributed by atoms with van der Waals surface area (Å²) in [4.78, 5) is 0. The molecule has 0 fully saturated rings. The van der Waals surface area contributed by atoms with Crippen LogP contribution in [0, 0.1) is 11.3 Å². The van der Waals surface area contributed by atoms with Crippen LogP contribution in [0.3, 0.4) is 0 Å². The fourth-order valence-electron chi connectivity index (χ4n) is 1.62. The maximum atomic E-state index is 11.9. The van der Waals surface area contributed by atoms with Gasteiger partial charge in [-0.3, -0.25) is 4.72 Å². The minimum atomic E-state index is -3.44. The van der Waals surface area contributed by atoms with Crippen molar-refractivity contribution in [2.45, 2.75) is 5.75 Å². The standard InChI is InChI=1S/C14H12N2O2S/c15-10-12-6-8-13(9-7-12)11-19(17,18)16-14-4-2-1-3-5-14/h1-9,16H,11H2. The molecule has 0 saturated heterocycles. The Morgan fingerprint density at radius 3 is 2.21 bits per heavy atom. The van der Waals surface area contributed by atoms with Crippen molar-refractivity contribution < 1.29 is 8.42 Å². The van der Waals surface area contributed by atoms with Crippen LogP contribution in [0.4, 0.5) is 5.69 Å². The van der Waals surface area contributed by atoms with E-state index in [1.807, 2.05) is 12.1 Å². The van der Waals surface area contributed by atoms with E-state index in [2.05, 4.69) is 4.72 Å². The molecular formula is C14H12N2O2S. The summed E-state index contributed by atoms with van der Waals surface area (Å²) in [6.07, 6.45) is 0. The van der Waals surface area contributed by atoms with E-state index in [-0.39, 0.29) is 5.75 Å². The van der Waals surface area contributed by atoms with Gasteiger partial charge in [0.05, 0.1) is 17.4 Å². The summed E-state index contributed by atoms with van der Waals surface area (Å²) >= 11 is 0. The Balaban J connectivity index is 2.11. The topological polar surface area (TPSA) is 70.0 Å². The second kappa shape index (κ2) is 5.55. The Morgan fingerprint density at radius 2 is 1.63 bits per heavy atom. The number of nitrogens with one attached hydrogen (secondary N) is 1. The van der Waals surface area contributed by atoms with Crippen LogP contribution in [-0.2, 0) is 15.8 Å². The Morgan fingerprint density at radius 1 is 1.00 bits per heavy atom. The molecule has 2 aromatic rings. The molecule has 0 amide bonds. The van der Waals surface area contributed by atoms with Crippen LogP contribution in [0.5, 0.6) is 0 Å². The van der Waals surface area contributed by atoms with E-state index in [9.17, 15) is 8.42 Å². The summed E-state index contributed by atoms with van der Waals surface area (Å²) in [5, 5.41) is 8.68. The van der Waals surface area contributed by atoms with Crippen molar-refractivity contribution in [3.63, 3.8) is 0 Å². The summed E-state index contributed by atoms with van der Waals surface area (Å²) in [5.74, 6) is -0.117. The molecule has 0 atom stereocenters. The van der Waals surface area contributed by atoms with Gasteiger partial charge in [0.1, 0.15) is 0 Å². The molecule has 4 nitrogen and oxygen atoms in total. The van der Waals surface area contributed by atoms with Gasteiger partial charge in [0.25, 0.3) is 0 Å². The minimum absolute atomic E-state index is 0.117. The lowest BCUT2D eigenvalue weighted by Gasteiger charge is -2.07. The third-order valence-electron chi connectivity index (χ3n) is 2.49. The van der Waals surface area contributed by atoms with E-state index >= 15 is 0 Å². The summed E-state index contributed by atoms with van der Waals surface area (Å²) in [7, 11) is -3.44. The normalized spacial score (nSPS) is 10.7. The molecular weight excluding hydrogens is 260 g/mol. The molecule has 0 saturated carbocycles. The number of sulfonamides is 1. The highest BCUT2D eigenvalue weighted by molar-refractivity contribution is 7.91. The zero-order valence-corrected chi connectivity index (χ0v) is 10.9. The van der Waals surface area contributed by atoms with Crippen molar-refractivity contribution in [2.24, 2.45) is 0 Å². The molecule has 19 heavy (non-hydrogen) atoms. The second-order valence-electron chi connectivity index (χ2n) is 4.04. The summed E-state index contributed by atoms with van der Waals surface area (Å²) in [5.41, 5.74) is 1.69. The zero-order chi connectivity index (χ0) is 13.7. The van der Waals surface area contributed by atoms with E-state index in [0.29, 0.717) is 16.8 Å². The van der Waals surface area contributed by atoms with Crippen molar-refractivity contribution in [1.82, 2.24) is 0 Å². The largest absolute Gasteiger partial charge is 0.283 e. The van der Waals surface area contributed by atoms with Crippen LogP contribution in [0.1, 0.15) is 11.1 Å². The highest BCUT2D eigenvalue weighted by atomic mass is 32.2. The minimum Gasteiger partial charge on any atom is -0.283 e. The number of nitriles is 1. The smallest absolute Gasteiger partial charge is 0.236 e. The highest BCUT2D eigenvalue weighted by Gasteiger charge is 2.11. The Kier molecular flexibility index (Phi) is 3.83. The number of para-hydroxylation sites is 1. The molecule has 0 bridgehead atoms. The van der Waals surface area contributed by atoms with Crippen LogP contribution in [0.15, 0.2) is 54.6 Å². The van der Waals surface area contributed by atoms with Gasteiger partial charge in [-0.1, -0.05) is 30.3 Å². The predicted octanol–water partition coefficient (Wildman–Crippen LogP) is 2.50. The lowest BCUT2D eigenvalue weighted by Crippen LogP contribution is -2.14. The van der Waals surface area contributed by atoms with Crippen molar-refractivity contribution in [2.75, 3.05) is 4.72 Å². The number of nitrogens with zero attached hydrogens (tertiary/aromatic N) is 1. The Hall–Kier alpha value is -2.32. The first kappa shape index (κ1) is 13.1. The molecule has 0 radical (unpaired) electrons. The number of rotatable bonds is 4. The first-order chi connectivity index (χ1) is 9.09. The third-order valence-corrected chi connectivity index (χ3v) is 3.75. The number of hydrogen-bond acceptors (Lipinski definition) is 3. The van der Waals surface area contributed by atoms with E-state index in [4.69, 9.17) is 5.26 Å². The number of anilines is 1. The van der Waals surface area contributed by atoms with Gasteiger partial charge in [0, 0.05) is 5.69 Å². The maximum Gasteiger partial charge on any atom is 0.236 e. The van der Waals surface area contributed by atoms with E-state index < -0.39 is 10.0 Å². The van der Waals surface area contributed by atoms with Gasteiger partial charge in [-0.05, 0) is 29.8 Å².